The molecule has 2 aromatic rings. The summed E-state index contributed by atoms with van der Waals surface area (Å²) in [6.45, 7) is 2.08. The van der Waals surface area contributed by atoms with E-state index in [9.17, 15) is 9.59 Å². The van der Waals surface area contributed by atoms with E-state index in [4.69, 9.17) is 4.74 Å². The van der Waals surface area contributed by atoms with E-state index in [0.717, 1.165) is 16.9 Å². The SMILES string of the molecule is COC(=O)CC(NC(=O)C1CC1c1ccc(C)s1)c1ccc(SC)cc1. The quantitative estimate of drug-likeness (QED) is 0.567. The standard InChI is InChI=1S/C20H23NO3S2/c1-12-4-9-18(26-12)15-10-16(15)20(23)21-17(11-19(22)24-2)13-5-7-14(25-3)8-6-13/h4-9,15-17H,10-11H2,1-3H3,(H,21,23). The fraction of sp³-hybridized carbons (Fsp3) is 0.400. The molecule has 0 spiro atoms. The van der Waals surface area contributed by atoms with Gasteiger partial charge in [0.25, 0.3) is 0 Å². The van der Waals surface area contributed by atoms with Crippen LogP contribution in [-0.2, 0) is 14.3 Å². The normalized spacial score (nSPS) is 19.7. The Morgan fingerprint density at radius 3 is 2.58 bits per heavy atom. The Kier molecular flexibility index (Phi) is 6.04. The van der Waals surface area contributed by atoms with Crippen LogP contribution in [0, 0.1) is 12.8 Å². The molecule has 1 heterocycles. The second-order valence-electron chi connectivity index (χ2n) is 6.51. The van der Waals surface area contributed by atoms with Gasteiger partial charge in [-0.3, -0.25) is 9.59 Å². The first kappa shape index (κ1) is 19.0. The minimum Gasteiger partial charge on any atom is -0.469 e. The zero-order valence-corrected chi connectivity index (χ0v) is 16.8. The molecule has 0 radical (unpaired) electrons. The van der Waals surface area contributed by atoms with E-state index in [2.05, 4.69) is 24.4 Å². The van der Waals surface area contributed by atoms with Gasteiger partial charge in [-0.2, -0.15) is 0 Å². The molecule has 4 nitrogen and oxygen atoms in total. The van der Waals surface area contributed by atoms with Crippen molar-refractivity contribution in [1.29, 1.82) is 0 Å². The smallest absolute Gasteiger partial charge is 0.307 e. The van der Waals surface area contributed by atoms with E-state index in [-0.39, 0.29) is 30.3 Å². The first-order chi connectivity index (χ1) is 12.5. The van der Waals surface area contributed by atoms with Crippen molar-refractivity contribution in [2.45, 2.75) is 36.6 Å². The van der Waals surface area contributed by atoms with Crippen molar-refractivity contribution in [2.75, 3.05) is 13.4 Å². The molecule has 1 aliphatic carbocycles. The molecule has 1 fully saturated rings. The number of carbonyl (C=O) groups is 2. The van der Waals surface area contributed by atoms with Crippen molar-refractivity contribution in [1.82, 2.24) is 5.32 Å². The van der Waals surface area contributed by atoms with Crippen LogP contribution in [0.2, 0.25) is 0 Å². The highest BCUT2D eigenvalue weighted by atomic mass is 32.2. The van der Waals surface area contributed by atoms with Gasteiger partial charge in [0.2, 0.25) is 5.91 Å². The zero-order valence-electron chi connectivity index (χ0n) is 15.2. The summed E-state index contributed by atoms with van der Waals surface area (Å²) >= 11 is 3.42. The molecule has 3 rings (SSSR count). The van der Waals surface area contributed by atoms with Gasteiger partial charge >= 0.3 is 5.97 Å². The lowest BCUT2D eigenvalue weighted by molar-refractivity contribution is -0.141. The summed E-state index contributed by atoms with van der Waals surface area (Å²) < 4.78 is 4.81. The zero-order chi connectivity index (χ0) is 18.7. The van der Waals surface area contributed by atoms with Gasteiger partial charge in [0, 0.05) is 26.5 Å². The maximum atomic E-state index is 12.7. The number of methoxy groups -OCH3 is 1. The fourth-order valence-electron chi connectivity index (χ4n) is 3.07. The molecule has 1 aliphatic rings. The van der Waals surface area contributed by atoms with Crippen LogP contribution in [0.3, 0.4) is 0 Å². The van der Waals surface area contributed by atoms with Crippen LogP contribution in [0.4, 0.5) is 0 Å². The van der Waals surface area contributed by atoms with Gasteiger partial charge < -0.3 is 10.1 Å². The van der Waals surface area contributed by atoms with Gasteiger partial charge in [0.15, 0.2) is 0 Å². The molecule has 0 saturated heterocycles. The molecule has 1 aromatic carbocycles. The van der Waals surface area contributed by atoms with Crippen LogP contribution in [0.25, 0.3) is 0 Å². The van der Waals surface area contributed by atoms with Gasteiger partial charge in [-0.05, 0) is 49.4 Å². The monoisotopic (exact) mass is 389 g/mol. The van der Waals surface area contributed by atoms with E-state index in [0.29, 0.717) is 5.92 Å². The number of carbonyl (C=O) groups excluding carboxylic acids is 2. The van der Waals surface area contributed by atoms with Gasteiger partial charge in [-0.15, -0.1) is 23.1 Å². The molecular formula is C20H23NO3S2. The summed E-state index contributed by atoms with van der Waals surface area (Å²) in [6, 6.07) is 11.8. The predicted octanol–water partition coefficient (Wildman–Crippen LogP) is 4.30. The van der Waals surface area contributed by atoms with Gasteiger partial charge in [0.1, 0.15) is 0 Å². The minimum absolute atomic E-state index is 0.00123. The average Bonchev–Trinajstić information content (AvgIpc) is 3.35. The van der Waals surface area contributed by atoms with Crippen LogP contribution in [0.1, 0.15) is 40.1 Å². The summed E-state index contributed by atoms with van der Waals surface area (Å²) in [4.78, 5) is 28.2. The van der Waals surface area contributed by atoms with Crippen molar-refractivity contribution in [2.24, 2.45) is 5.92 Å². The van der Waals surface area contributed by atoms with Gasteiger partial charge in [-0.25, -0.2) is 0 Å². The van der Waals surface area contributed by atoms with Crippen molar-refractivity contribution in [3.05, 3.63) is 51.7 Å². The minimum atomic E-state index is -0.364. The Morgan fingerprint density at radius 1 is 1.27 bits per heavy atom. The Labute approximate surface area is 162 Å². The van der Waals surface area contributed by atoms with E-state index in [1.165, 1.54) is 16.9 Å². The number of nitrogens with one attached hydrogen (secondary N) is 1. The largest absolute Gasteiger partial charge is 0.469 e. The molecule has 3 atom stereocenters. The number of rotatable bonds is 7. The number of hydrogen-bond acceptors (Lipinski definition) is 5. The summed E-state index contributed by atoms with van der Waals surface area (Å²) in [5, 5.41) is 3.06. The Morgan fingerprint density at radius 2 is 2.00 bits per heavy atom. The third-order valence-corrected chi connectivity index (χ3v) is 6.56. The highest BCUT2D eigenvalue weighted by Crippen LogP contribution is 2.50. The van der Waals surface area contributed by atoms with Crippen molar-refractivity contribution in [3.63, 3.8) is 0 Å². The van der Waals surface area contributed by atoms with Crippen LogP contribution >= 0.6 is 23.1 Å². The highest BCUT2D eigenvalue weighted by Gasteiger charge is 2.45. The van der Waals surface area contributed by atoms with Gasteiger partial charge in [0.05, 0.1) is 19.6 Å². The number of benzene rings is 1. The number of ether oxygens (including phenoxy) is 1. The number of thioether (sulfide) groups is 1. The second-order valence-corrected chi connectivity index (χ2v) is 8.71. The number of thiophene rings is 1. The molecule has 6 heteroatoms. The van der Waals surface area contributed by atoms with Crippen LogP contribution in [0.15, 0.2) is 41.3 Å². The molecule has 1 N–H and O–H groups in total. The Bertz CT molecular complexity index is 785. The van der Waals surface area contributed by atoms with Crippen LogP contribution in [-0.4, -0.2) is 25.2 Å². The van der Waals surface area contributed by atoms with E-state index < -0.39 is 0 Å². The second kappa shape index (κ2) is 8.27. The summed E-state index contributed by atoms with van der Waals surface area (Å²) in [5.74, 6) is -0.000572. The lowest BCUT2D eigenvalue weighted by Crippen LogP contribution is -2.31. The molecule has 3 unspecified atom stereocenters. The topological polar surface area (TPSA) is 55.4 Å². The first-order valence-electron chi connectivity index (χ1n) is 8.59. The van der Waals surface area contributed by atoms with Crippen molar-refractivity contribution in [3.8, 4) is 0 Å². The number of aryl methyl sites for hydroxylation is 1. The fourth-order valence-corrected chi connectivity index (χ4v) is 4.53. The molecule has 0 aliphatic heterocycles. The predicted molar refractivity (Wildman–Crippen MR) is 106 cm³/mol. The van der Waals surface area contributed by atoms with Crippen molar-refractivity contribution < 1.29 is 14.3 Å². The van der Waals surface area contributed by atoms with E-state index in [1.807, 2.05) is 30.5 Å². The lowest BCUT2D eigenvalue weighted by atomic mass is 10.0. The molecule has 0 bridgehead atoms. The van der Waals surface area contributed by atoms with Gasteiger partial charge in [-0.1, -0.05) is 12.1 Å². The molecule has 138 valence electrons. The average molecular weight is 390 g/mol. The van der Waals surface area contributed by atoms with Crippen molar-refractivity contribution >= 4 is 35.0 Å². The van der Waals surface area contributed by atoms with Crippen LogP contribution < -0.4 is 5.32 Å². The third-order valence-electron chi connectivity index (χ3n) is 4.69. The number of esters is 1. The summed E-state index contributed by atoms with van der Waals surface area (Å²) in [5.41, 5.74) is 0.922. The Hall–Kier alpha value is -1.79. The maximum Gasteiger partial charge on any atom is 0.307 e. The molecular weight excluding hydrogens is 366 g/mol. The van der Waals surface area contributed by atoms with Crippen LogP contribution in [0.5, 0.6) is 0 Å². The molecule has 1 saturated carbocycles. The number of amides is 1. The molecule has 26 heavy (non-hydrogen) atoms. The summed E-state index contributed by atoms with van der Waals surface area (Å²) in [7, 11) is 1.37. The Balaban J connectivity index is 1.68. The summed E-state index contributed by atoms with van der Waals surface area (Å²) in [6.07, 6.45) is 3.03. The maximum absolute atomic E-state index is 12.7. The lowest BCUT2D eigenvalue weighted by Gasteiger charge is -2.18. The highest BCUT2D eigenvalue weighted by molar-refractivity contribution is 7.98. The molecule has 1 aromatic heterocycles. The first-order valence-corrected chi connectivity index (χ1v) is 10.6. The number of hydrogen-bond donors (Lipinski definition) is 1. The van der Waals surface area contributed by atoms with E-state index >= 15 is 0 Å². The van der Waals surface area contributed by atoms with E-state index in [1.54, 1.807) is 23.1 Å². The third kappa shape index (κ3) is 4.48. The molecule has 1 amide bonds.